The molecule has 14 heteroatoms. The highest BCUT2D eigenvalue weighted by Gasteiger charge is 2.44. The molecule has 0 aromatic carbocycles. The number of hydrogen-bond donors (Lipinski definition) is 2. The van der Waals surface area contributed by atoms with Crippen LogP contribution in [0.4, 0.5) is 9.59 Å². The number of halogens is 2. The average Bonchev–Trinajstić information content (AvgIpc) is 3.54. The molecular formula is C42H68Br2N6O5S. The van der Waals surface area contributed by atoms with Gasteiger partial charge in [0.2, 0.25) is 0 Å². The Balaban J connectivity index is 0.000000307. The highest BCUT2D eigenvalue weighted by molar-refractivity contribution is 9.10. The van der Waals surface area contributed by atoms with Crippen LogP contribution in [0.3, 0.4) is 0 Å². The van der Waals surface area contributed by atoms with E-state index in [2.05, 4.69) is 74.2 Å². The van der Waals surface area contributed by atoms with Gasteiger partial charge in [0.05, 0.1) is 33.2 Å². The Hall–Kier alpha value is -2.13. The van der Waals surface area contributed by atoms with E-state index in [1.165, 1.54) is 0 Å². The number of ether oxygens (including phenoxy) is 2. The number of carbonyl (C=O) groups is 2. The van der Waals surface area contributed by atoms with E-state index in [1.807, 2.05) is 96.4 Å². The Morgan fingerprint density at radius 2 is 1.20 bits per heavy atom. The summed E-state index contributed by atoms with van der Waals surface area (Å²) in [6.45, 7) is 27.0. The molecule has 3 unspecified atom stereocenters. The summed E-state index contributed by atoms with van der Waals surface area (Å²) in [5.74, 6) is 0.786. The van der Waals surface area contributed by atoms with Gasteiger partial charge in [0, 0.05) is 51.5 Å². The third kappa shape index (κ3) is 15.2. The summed E-state index contributed by atoms with van der Waals surface area (Å²) >= 11 is 6.82. The van der Waals surface area contributed by atoms with Crippen LogP contribution in [0.2, 0.25) is 0 Å². The molecule has 2 aromatic rings. The molecule has 0 bridgehead atoms. The molecule has 4 rings (SSSR count). The topological polar surface area (TPSA) is 140 Å². The Morgan fingerprint density at radius 1 is 0.786 bits per heavy atom. The normalized spacial score (nSPS) is 21.1. The van der Waals surface area contributed by atoms with Crippen molar-refractivity contribution >= 4 is 55.0 Å². The number of hydrogen-bond acceptors (Lipinski definition) is 8. The maximum Gasteiger partial charge on any atom is 0.410 e. The lowest BCUT2D eigenvalue weighted by molar-refractivity contribution is 0.0118. The standard InChI is InChI=1S/C23H38BrN3O3S.C19H30BrN3O2/c1-21(2,3)30-20(28)27-15-16(13-23(27,7)8)9-11-19(26-31(29)22(4,5)6)18-12-10-17(24)14-25-18;1-18(2,3)25-17(24)23-12-13(10-19(23,4)5)6-8-15(21)16-9-7-14(20)11-22-16/h10,12,14,16,19,26H,9,11,13,15H2,1-8H3;7,9,11,13,15H,6,8,10,12,21H2,1-5H3/t16-,19?,31?;13-,15?/m00/s1. The van der Waals surface area contributed by atoms with Gasteiger partial charge >= 0.3 is 12.2 Å². The Kier molecular flexibility index (Phi) is 16.6. The first-order valence-corrected chi connectivity index (χ1v) is 22.5. The van der Waals surface area contributed by atoms with Crippen LogP contribution < -0.4 is 10.5 Å². The minimum atomic E-state index is -1.20. The van der Waals surface area contributed by atoms with E-state index in [0.717, 1.165) is 65.4 Å². The summed E-state index contributed by atoms with van der Waals surface area (Å²) in [4.78, 5) is 37.8. The Morgan fingerprint density at radius 3 is 1.57 bits per heavy atom. The summed E-state index contributed by atoms with van der Waals surface area (Å²) in [5.41, 5.74) is 6.65. The molecule has 2 fully saturated rings. The number of nitrogens with two attached hydrogens (primary N) is 1. The smallest absolute Gasteiger partial charge is 0.410 e. The van der Waals surface area contributed by atoms with Gasteiger partial charge in [0.1, 0.15) is 11.2 Å². The van der Waals surface area contributed by atoms with Crippen molar-refractivity contribution in [3.63, 3.8) is 0 Å². The van der Waals surface area contributed by atoms with Gasteiger partial charge < -0.3 is 25.0 Å². The lowest BCUT2D eigenvalue weighted by Gasteiger charge is -2.33. The van der Waals surface area contributed by atoms with Crippen LogP contribution in [0, 0.1) is 11.8 Å². The summed E-state index contributed by atoms with van der Waals surface area (Å²) in [6, 6.07) is 7.65. The first-order chi connectivity index (χ1) is 25.6. The molecule has 2 aromatic heterocycles. The van der Waals surface area contributed by atoms with Gasteiger partial charge in [-0.25, -0.2) is 18.5 Å². The zero-order valence-electron chi connectivity index (χ0n) is 36.0. The highest BCUT2D eigenvalue weighted by Crippen LogP contribution is 2.39. The first kappa shape index (κ1) is 48.2. The maximum atomic E-state index is 12.8. The molecule has 316 valence electrons. The molecule has 5 atom stereocenters. The fraction of sp³-hybridized carbons (Fsp3) is 0.714. The van der Waals surface area contributed by atoms with Crippen molar-refractivity contribution in [3.05, 3.63) is 57.0 Å². The molecule has 4 heterocycles. The number of amides is 2. The SMILES string of the molecule is CC(C)(C)OC(=O)N1C[C@@H](CCC(N)c2ccc(Br)cn2)CC1(C)C.CC(C)(C)OC(=O)N1C[C@@H](CCC(NS(=O)C(C)(C)C)c2ccc(Br)cn2)CC1(C)C. The van der Waals surface area contributed by atoms with Crippen LogP contribution in [0.1, 0.15) is 152 Å². The molecule has 2 aliphatic heterocycles. The summed E-state index contributed by atoms with van der Waals surface area (Å²) in [5, 5.41) is 0. The molecule has 11 nitrogen and oxygen atoms in total. The molecule has 2 amide bonds. The highest BCUT2D eigenvalue weighted by atomic mass is 79.9. The monoisotopic (exact) mass is 926 g/mol. The van der Waals surface area contributed by atoms with Crippen molar-refractivity contribution in [3.8, 4) is 0 Å². The molecule has 0 radical (unpaired) electrons. The molecule has 0 aliphatic carbocycles. The number of rotatable bonds is 10. The van der Waals surface area contributed by atoms with Crippen molar-refractivity contribution in [2.75, 3.05) is 13.1 Å². The van der Waals surface area contributed by atoms with Crippen molar-refractivity contribution in [2.24, 2.45) is 17.6 Å². The minimum Gasteiger partial charge on any atom is -0.444 e. The fourth-order valence-corrected chi connectivity index (χ4v) is 8.50. The second-order valence-electron chi connectivity index (χ2n) is 19.6. The fourth-order valence-electron chi connectivity index (χ4n) is 7.18. The number of likely N-dealkylation sites (tertiary alicyclic amines) is 2. The minimum absolute atomic E-state index is 0.0770. The van der Waals surface area contributed by atoms with Gasteiger partial charge in [-0.1, -0.05) is 0 Å². The van der Waals surface area contributed by atoms with Crippen molar-refractivity contribution in [2.45, 2.75) is 168 Å². The Labute approximate surface area is 356 Å². The third-order valence-corrected chi connectivity index (χ3v) is 12.5. The number of aromatic nitrogens is 2. The summed E-state index contributed by atoms with van der Waals surface area (Å²) in [7, 11) is -1.20. The lowest BCUT2D eigenvalue weighted by Crippen LogP contribution is -2.45. The van der Waals surface area contributed by atoms with Gasteiger partial charge in [0.15, 0.2) is 0 Å². The zero-order chi connectivity index (χ0) is 42.4. The van der Waals surface area contributed by atoms with E-state index in [0.29, 0.717) is 18.4 Å². The molecule has 0 spiro atoms. The van der Waals surface area contributed by atoms with Gasteiger partial charge in [-0.3, -0.25) is 9.97 Å². The molecule has 0 saturated carbocycles. The van der Waals surface area contributed by atoms with Gasteiger partial charge in [-0.05, 0) is 196 Å². The summed E-state index contributed by atoms with van der Waals surface area (Å²) in [6.07, 6.45) is 8.47. The molecule has 56 heavy (non-hydrogen) atoms. The molecular weight excluding hydrogens is 860 g/mol. The van der Waals surface area contributed by atoms with Gasteiger partial charge in [0.25, 0.3) is 0 Å². The predicted octanol–water partition coefficient (Wildman–Crippen LogP) is 10.4. The quantitative estimate of drug-likeness (QED) is 0.240. The van der Waals surface area contributed by atoms with E-state index >= 15 is 0 Å². The number of nitrogens with one attached hydrogen (secondary N) is 1. The van der Waals surface area contributed by atoms with Crippen molar-refractivity contribution in [1.82, 2.24) is 24.5 Å². The zero-order valence-corrected chi connectivity index (χ0v) is 40.0. The third-order valence-electron chi connectivity index (χ3n) is 9.94. The van der Waals surface area contributed by atoms with Crippen molar-refractivity contribution in [1.29, 1.82) is 0 Å². The van der Waals surface area contributed by atoms with Crippen LogP contribution in [0.25, 0.3) is 0 Å². The molecule has 3 N–H and O–H groups in total. The second-order valence-corrected chi connectivity index (χ2v) is 23.4. The van der Waals surface area contributed by atoms with Crippen LogP contribution >= 0.6 is 31.9 Å². The van der Waals surface area contributed by atoms with Gasteiger partial charge in [-0.2, -0.15) is 0 Å². The van der Waals surface area contributed by atoms with E-state index in [9.17, 15) is 13.8 Å². The van der Waals surface area contributed by atoms with Crippen LogP contribution in [-0.2, 0) is 20.5 Å². The van der Waals surface area contributed by atoms with E-state index in [-0.39, 0.29) is 40.1 Å². The van der Waals surface area contributed by atoms with Crippen LogP contribution in [0.15, 0.2) is 45.6 Å². The first-order valence-electron chi connectivity index (χ1n) is 19.7. The van der Waals surface area contributed by atoms with E-state index in [4.69, 9.17) is 15.2 Å². The molecule has 2 saturated heterocycles. The van der Waals surface area contributed by atoms with E-state index < -0.39 is 22.2 Å². The number of nitrogens with zero attached hydrogens (tertiary/aromatic N) is 4. The average molecular weight is 929 g/mol. The van der Waals surface area contributed by atoms with Crippen LogP contribution in [0.5, 0.6) is 0 Å². The number of carbonyl (C=O) groups excluding carboxylic acids is 2. The predicted molar refractivity (Wildman–Crippen MR) is 233 cm³/mol. The van der Waals surface area contributed by atoms with Crippen LogP contribution in [-0.4, -0.2) is 76.3 Å². The van der Waals surface area contributed by atoms with Gasteiger partial charge in [-0.15, -0.1) is 0 Å². The number of pyridine rings is 2. The second kappa shape index (κ2) is 19.3. The lowest BCUT2D eigenvalue weighted by atomic mass is 9.91. The van der Waals surface area contributed by atoms with Crippen molar-refractivity contribution < 1.29 is 23.3 Å². The van der Waals surface area contributed by atoms with E-state index in [1.54, 1.807) is 12.4 Å². The Bertz CT molecular complexity index is 1620. The maximum absolute atomic E-state index is 12.8. The largest absolute Gasteiger partial charge is 0.444 e. The summed E-state index contributed by atoms with van der Waals surface area (Å²) < 4.78 is 28.8. The molecule has 2 aliphatic rings.